The van der Waals surface area contributed by atoms with Gasteiger partial charge in [0.05, 0.1) is 18.2 Å². The van der Waals surface area contributed by atoms with Crippen molar-refractivity contribution >= 4 is 21.9 Å². The topological polar surface area (TPSA) is 145 Å². The van der Waals surface area contributed by atoms with E-state index in [1.807, 2.05) is 18.6 Å². The molecule has 3 rings (SSSR count). The van der Waals surface area contributed by atoms with E-state index in [1.165, 1.54) is 12.5 Å². The van der Waals surface area contributed by atoms with Crippen LogP contribution in [0.3, 0.4) is 0 Å². The van der Waals surface area contributed by atoms with E-state index in [0.717, 1.165) is 7.05 Å². The lowest BCUT2D eigenvalue weighted by atomic mass is 10.1. The highest BCUT2D eigenvalue weighted by molar-refractivity contribution is 7.84. The van der Waals surface area contributed by atoms with Crippen molar-refractivity contribution in [3.05, 3.63) is 42.1 Å². The Morgan fingerprint density at radius 1 is 1.43 bits per heavy atom. The number of aliphatic hydroxyl groups is 1. The predicted molar refractivity (Wildman–Crippen MR) is 125 cm³/mol. The molecule has 2 aromatic heterocycles. The van der Waals surface area contributed by atoms with Gasteiger partial charge < -0.3 is 19.7 Å². The molecule has 0 unspecified atom stereocenters. The van der Waals surface area contributed by atoms with Crippen molar-refractivity contribution in [2.24, 2.45) is 0 Å². The number of nitrogens with zero attached hydrogens (tertiary/aromatic N) is 3. The zero-order chi connectivity index (χ0) is 25.8. The summed E-state index contributed by atoms with van der Waals surface area (Å²) in [5.74, 6) is 5.63. The summed E-state index contributed by atoms with van der Waals surface area (Å²) in [6.07, 6.45) is 0.789. The number of aliphatic hydroxyl groups excluding tert-OH is 1. The number of alkyl halides is 1. The number of carbonyl (C=O) groups is 1. The van der Waals surface area contributed by atoms with Gasteiger partial charge in [0.15, 0.2) is 5.78 Å². The highest BCUT2D eigenvalue weighted by Crippen LogP contribution is 2.30. The van der Waals surface area contributed by atoms with Crippen molar-refractivity contribution in [3.8, 4) is 11.8 Å². The van der Waals surface area contributed by atoms with Crippen LogP contribution in [0.2, 0.25) is 0 Å². The first-order valence-electron chi connectivity index (χ1n) is 10.7. The van der Waals surface area contributed by atoms with E-state index in [4.69, 9.17) is 8.92 Å². The standard InChI is InChI=1S/C22H28FN5O6S/c1-22(2,33-4)7-5-8-28-9-6-14(12-28)19(29)15-11-25-13-26-21(15)27-16-10-17(20(30)18(16)23)34-35(31,32)24-3/h6,9,11-13,16-18,20,24,30H,8,10H2,1-4H3,(H,25,26,27)/t16-,17-,18-,20-/m1/s1. The number of halogens is 1. The largest absolute Gasteiger partial charge is 0.387 e. The third-order valence-electron chi connectivity index (χ3n) is 5.53. The van der Waals surface area contributed by atoms with Gasteiger partial charge in [0, 0.05) is 44.7 Å². The number of carbonyl (C=O) groups excluding carboxylic acids is 1. The molecule has 4 atom stereocenters. The van der Waals surface area contributed by atoms with Gasteiger partial charge in [0.1, 0.15) is 36.1 Å². The van der Waals surface area contributed by atoms with E-state index in [0.29, 0.717) is 12.1 Å². The quantitative estimate of drug-likeness (QED) is 0.328. The van der Waals surface area contributed by atoms with E-state index >= 15 is 0 Å². The van der Waals surface area contributed by atoms with Gasteiger partial charge in [-0.1, -0.05) is 11.8 Å². The Labute approximate surface area is 203 Å². The molecule has 190 valence electrons. The Morgan fingerprint density at radius 3 is 2.86 bits per heavy atom. The van der Waals surface area contributed by atoms with Crippen LogP contribution in [0.15, 0.2) is 31.0 Å². The summed E-state index contributed by atoms with van der Waals surface area (Å²) in [5, 5.41) is 12.9. The molecule has 1 saturated carbocycles. The van der Waals surface area contributed by atoms with Crippen LogP contribution in [0.1, 0.15) is 36.2 Å². The van der Waals surface area contributed by atoms with Crippen LogP contribution < -0.4 is 10.0 Å². The van der Waals surface area contributed by atoms with Crippen molar-refractivity contribution < 1.29 is 31.6 Å². The molecule has 1 aliphatic carbocycles. The maximum atomic E-state index is 14.7. The Kier molecular flexibility index (Phi) is 8.24. The molecule has 1 aliphatic rings. The first kappa shape index (κ1) is 26.7. The lowest BCUT2D eigenvalue weighted by Crippen LogP contribution is -2.35. The van der Waals surface area contributed by atoms with Gasteiger partial charge in [-0.05, 0) is 19.9 Å². The fourth-order valence-corrected chi connectivity index (χ4v) is 4.03. The second-order valence-electron chi connectivity index (χ2n) is 8.42. The molecule has 3 N–H and O–H groups in total. The summed E-state index contributed by atoms with van der Waals surface area (Å²) in [6, 6.07) is 0.568. The third kappa shape index (κ3) is 6.62. The molecule has 11 nitrogen and oxygen atoms in total. The van der Waals surface area contributed by atoms with Gasteiger partial charge in [0.25, 0.3) is 0 Å². The molecule has 0 bridgehead atoms. The Balaban J connectivity index is 1.74. The molecule has 0 amide bonds. The van der Waals surface area contributed by atoms with E-state index < -0.39 is 46.1 Å². The summed E-state index contributed by atoms with van der Waals surface area (Å²) in [6.45, 7) is 4.03. The fraction of sp³-hybridized carbons (Fsp3) is 0.500. The number of hydrogen-bond donors (Lipinski definition) is 3. The zero-order valence-corrected chi connectivity index (χ0v) is 20.5. The summed E-state index contributed by atoms with van der Waals surface area (Å²) in [5.41, 5.74) is -0.150. The van der Waals surface area contributed by atoms with Crippen molar-refractivity contribution in [1.29, 1.82) is 0 Å². The second-order valence-corrected chi connectivity index (χ2v) is 9.93. The predicted octanol–water partition coefficient (Wildman–Crippen LogP) is 0.670. The Bertz CT molecular complexity index is 1220. The van der Waals surface area contributed by atoms with Gasteiger partial charge in [-0.3, -0.25) is 8.98 Å². The summed E-state index contributed by atoms with van der Waals surface area (Å²) < 4.78 is 51.7. The summed E-state index contributed by atoms with van der Waals surface area (Å²) >= 11 is 0. The van der Waals surface area contributed by atoms with Crippen molar-refractivity contribution in [3.63, 3.8) is 0 Å². The molecule has 13 heteroatoms. The summed E-state index contributed by atoms with van der Waals surface area (Å²) in [4.78, 5) is 21.1. The molecule has 0 aliphatic heterocycles. The lowest BCUT2D eigenvalue weighted by molar-refractivity contribution is 0.0248. The molecule has 0 radical (unpaired) electrons. The second kappa shape index (κ2) is 10.8. The van der Waals surface area contributed by atoms with Gasteiger partial charge >= 0.3 is 10.3 Å². The summed E-state index contributed by atoms with van der Waals surface area (Å²) in [7, 11) is -1.42. The normalized spacial score (nSPS) is 22.5. The number of rotatable bonds is 9. The average molecular weight is 510 g/mol. The van der Waals surface area contributed by atoms with Gasteiger partial charge in [-0.15, -0.1) is 0 Å². The van der Waals surface area contributed by atoms with Gasteiger partial charge in [0.2, 0.25) is 0 Å². The molecule has 0 aromatic carbocycles. The molecular formula is C22H28FN5O6S. The van der Waals surface area contributed by atoms with E-state index in [9.17, 15) is 22.7 Å². The molecule has 0 spiro atoms. The number of aromatic nitrogens is 3. The number of nitrogens with one attached hydrogen (secondary N) is 2. The highest BCUT2D eigenvalue weighted by atomic mass is 32.2. The van der Waals surface area contributed by atoms with Crippen molar-refractivity contribution in [2.45, 2.75) is 56.8 Å². The Hall–Kier alpha value is -2.89. The number of methoxy groups -OCH3 is 1. The van der Waals surface area contributed by atoms with Crippen LogP contribution in [0.25, 0.3) is 0 Å². The van der Waals surface area contributed by atoms with Gasteiger partial charge in [-0.2, -0.15) is 13.1 Å². The molecular weight excluding hydrogens is 481 g/mol. The number of ether oxygens (including phenoxy) is 1. The first-order chi connectivity index (χ1) is 16.5. The van der Waals surface area contributed by atoms with E-state index in [2.05, 4.69) is 27.1 Å². The number of ketones is 1. The Morgan fingerprint density at radius 2 is 2.17 bits per heavy atom. The van der Waals surface area contributed by atoms with E-state index in [-0.39, 0.29) is 17.8 Å². The monoisotopic (exact) mass is 509 g/mol. The van der Waals surface area contributed by atoms with Gasteiger partial charge in [-0.25, -0.2) is 14.4 Å². The minimum absolute atomic E-state index is 0.0522. The van der Waals surface area contributed by atoms with E-state index in [1.54, 1.807) is 30.1 Å². The van der Waals surface area contributed by atoms with Crippen molar-refractivity contribution in [2.75, 3.05) is 19.5 Å². The molecule has 1 fully saturated rings. The van der Waals surface area contributed by atoms with Crippen LogP contribution in [-0.2, 0) is 25.8 Å². The minimum atomic E-state index is -4.13. The average Bonchev–Trinajstić information content (AvgIpc) is 3.39. The van der Waals surface area contributed by atoms with Crippen molar-refractivity contribution in [1.82, 2.24) is 19.3 Å². The smallest absolute Gasteiger partial charge is 0.335 e. The van der Waals surface area contributed by atoms with Crippen LogP contribution >= 0.6 is 0 Å². The lowest BCUT2D eigenvalue weighted by Gasteiger charge is -2.17. The third-order valence-corrected chi connectivity index (χ3v) is 6.53. The molecule has 35 heavy (non-hydrogen) atoms. The van der Waals surface area contributed by atoms with Crippen LogP contribution in [0, 0.1) is 11.8 Å². The fourth-order valence-electron chi connectivity index (χ4n) is 3.42. The maximum Gasteiger partial charge on any atom is 0.335 e. The SMILES string of the molecule is CNS(=O)(=O)O[C@@H]1C[C@@H](Nc2ncncc2C(=O)c2ccn(CC#CC(C)(C)OC)c2)[C@@H](F)[C@@H]1O. The number of anilines is 1. The van der Waals surface area contributed by atoms with Crippen LogP contribution in [0.4, 0.5) is 10.2 Å². The minimum Gasteiger partial charge on any atom is -0.387 e. The number of hydrogen-bond acceptors (Lipinski definition) is 9. The zero-order valence-electron chi connectivity index (χ0n) is 19.7. The highest BCUT2D eigenvalue weighted by Gasteiger charge is 2.46. The van der Waals surface area contributed by atoms with Crippen LogP contribution in [-0.4, -0.2) is 78.0 Å². The first-order valence-corrected chi connectivity index (χ1v) is 12.1. The molecule has 0 saturated heterocycles. The van der Waals surface area contributed by atoms with Crippen LogP contribution in [0.5, 0.6) is 0 Å². The molecule has 2 aromatic rings. The maximum absolute atomic E-state index is 14.7. The molecule has 2 heterocycles.